The highest BCUT2D eigenvalue weighted by Crippen LogP contribution is 2.40. The summed E-state index contributed by atoms with van der Waals surface area (Å²) >= 11 is 0. The number of Topliss-reactive ketones (excluding diaryl/α,β-unsaturated/α-hetero) is 1. The van der Waals surface area contributed by atoms with Crippen LogP contribution in [0, 0.1) is 11.6 Å². The van der Waals surface area contributed by atoms with Crippen LogP contribution in [-0.2, 0) is 11.0 Å². The number of amidine groups is 1. The number of quaternary nitrogens is 1. The Morgan fingerprint density at radius 2 is 1.68 bits per heavy atom. The number of alkyl halides is 3. The molecule has 0 bridgehead atoms. The molecule has 2 aliphatic heterocycles. The van der Waals surface area contributed by atoms with Crippen LogP contribution >= 0.6 is 0 Å². The van der Waals surface area contributed by atoms with Gasteiger partial charge in [0.1, 0.15) is 5.82 Å². The molecule has 0 amide bonds. The highest BCUT2D eigenvalue weighted by atomic mass is 19.4. The van der Waals surface area contributed by atoms with Gasteiger partial charge in [-0.3, -0.25) is 4.79 Å². The zero-order valence-corrected chi connectivity index (χ0v) is 14.3. The standard InChI is InChI=1S/C19H11F5N3O/c1-10-9-25-18-17(28)16(11-2-4-12(5-3-11)19(22,23)24)26-27(10,18)15-7-6-13(20)8-14(15)21/h2-9H,1H3/q+1. The van der Waals surface area contributed by atoms with Crippen molar-refractivity contribution in [3.63, 3.8) is 0 Å². The van der Waals surface area contributed by atoms with E-state index in [-0.39, 0.29) is 22.8 Å². The van der Waals surface area contributed by atoms with Crippen LogP contribution < -0.4 is 4.59 Å². The van der Waals surface area contributed by atoms with Gasteiger partial charge in [-0.2, -0.15) is 18.2 Å². The van der Waals surface area contributed by atoms with Crippen molar-refractivity contribution in [2.45, 2.75) is 13.1 Å². The third kappa shape index (κ3) is 2.50. The summed E-state index contributed by atoms with van der Waals surface area (Å²) in [5.74, 6) is -2.49. The van der Waals surface area contributed by atoms with Gasteiger partial charge in [-0.05, 0) is 18.2 Å². The van der Waals surface area contributed by atoms with Crippen molar-refractivity contribution >= 4 is 23.0 Å². The first kappa shape index (κ1) is 18.2. The maximum Gasteiger partial charge on any atom is 0.416 e. The number of ketones is 1. The highest BCUT2D eigenvalue weighted by molar-refractivity contribution is 6.73. The SMILES string of the molecule is CC1=CN=C2C(=O)C(c3ccc(C(F)(F)F)cc3)=N[N+]12c1ccc(F)cc1F. The van der Waals surface area contributed by atoms with Crippen LogP contribution in [0.2, 0.25) is 0 Å². The van der Waals surface area contributed by atoms with Crippen molar-refractivity contribution in [3.8, 4) is 0 Å². The first-order chi connectivity index (χ1) is 13.1. The van der Waals surface area contributed by atoms with Gasteiger partial charge in [-0.25, -0.2) is 8.78 Å². The molecule has 4 nitrogen and oxygen atoms in total. The molecular weight excluding hydrogens is 381 g/mol. The van der Waals surface area contributed by atoms with Crippen molar-refractivity contribution in [3.05, 3.63) is 77.1 Å². The Labute approximate surface area is 155 Å². The highest BCUT2D eigenvalue weighted by Gasteiger charge is 2.56. The molecule has 0 N–H and O–H groups in total. The summed E-state index contributed by atoms with van der Waals surface area (Å²) in [4.78, 5) is 16.9. The van der Waals surface area contributed by atoms with Gasteiger partial charge in [-0.15, -0.1) is 0 Å². The molecule has 0 radical (unpaired) electrons. The van der Waals surface area contributed by atoms with Crippen molar-refractivity contribution < 1.29 is 26.7 Å². The molecule has 0 aromatic heterocycles. The van der Waals surface area contributed by atoms with Gasteiger partial charge in [0.15, 0.2) is 17.2 Å². The van der Waals surface area contributed by atoms with E-state index in [1.54, 1.807) is 6.92 Å². The monoisotopic (exact) mass is 392 g/mol. The van der Waals surface area contributed by atoms with Crippen LogP contribution in [0.5, 0.6) is 0 Å². The molecule has 0 spiro atoms. The molecule has 1 atom stereocenters. The summed E-state index contributed by atoms with van der Waals surface area (Å²) in [6.45, 7) is 1.58. The van der Waals surface area contributed by atoms with Crippen LogP contribution in [0.15, 0.2) is 64.5 Å². The lowest BCUT2D eigenvalue weighted by Gasteiger charge is -2.23. The van der Waals surface area contributed by atoms with Crippen LogP contribution in [0.25, 0.3) is 0 Å². The largest absolute Gasteiger partial charge is 0.416 e. The third-order valence-electron chi connectivity index (χ3n) is 4.60. The van der Waals surface area contributed by atoms with Gasteiger partial charge in [0.2, 0.25) is 5.69 Å². The smallest absolute Gasteiger partial charge is 0.278 e. The first-order valence-electron chi connectivity index (χ1n) is 8.07. The molecule has 4 rings (SSSR count). The summed E-state index contributed by atoms with van der Waals surface area (Å²) in [6.07, 6.45) is -3.17. The molecule has 9 heteroatoms. The number of rotatable bonds is 2. The van der Waals surface area contributed by atoms with Crippen molar-refractivity contribution in [2.24, 2.45) is 10.1 Å². The number of benzene rings is 2. The fraction of sp³-hybridized carbons (Fsp3) is 0.105. The Balaban J connectivity index is 1.87. The molecule has 2 aromatic carbocycles. The number of allylic oxidation sites excluding steroid dienone is 1. The van der Waals surface area contributed by atoms with E-state index in [0.29, 0.717) is 11.8 Å². The van der Waals surface area contributed by atoms with Crippen LogP contribution in [-0.4, -0.2) is 17.3 Å². The Kier molecular flexibility index (Phi) is 3.83. The van der Waals surface area contributed by atoms with Crippen molar-refractivity contribution in [2.75, 3.05) is 0 Å². The summed E-state index contributed by atoms with van der Waals surface area (Å²) in [5.41, 5.74) is -0.603. The number of aliphatic imine (C=N–C) groups is 1. The molecule has 2 aliphatic rings. The summed E-state index contributed by atoms with van der Waals surface area (Å²) < 4.78 is 65.5. The predicted molar refractivity (Wildman–Crippen MR) is 92.3 cm³/mol. The molecular formula is C19H11F5N3O+. The molecule has 142 valence electrons. The maximum atomic E-state index is 14.5. The Morgan fingerprint density at radius 3 is 2.29 bits per heavy atom. The average Bonchev–Trinajstić information content (AvgIpc) is 3.10. The van der Waals surface area contributed by atoms with Gasteiger partial charge in [0.05, 0.1) is 11.8 Å². The number of carbonyl (C=O) groups excluding carboxylic acids is 1. The zero-order valence-electron chi connectivity index (χ0n) is 14.3. The van der Waals surface area contributed by atoms with E-state index in [1.807, 2.05) is 0 Å². The number of hydrogen-bond acceptors (Lipinski definition) is 3. The van der Waals surface area contributed by atoms with E-state index >= 15 is 0 Å². The number of hydrogen-bond donors (Lipinski definition) is 0. The van der Waals surface area contributed by atoms with Gasteiger partial charge >= 0.3 is 12.0 Å². The van der Waals surface area contributed by atoms with E-state index in [0.717, 1.165) is 36.4 Å². The van der Waals surface area contributed by atoms with Gasteiger partial charge < -0.3 is 0 Å². The molecule has 2 aromatic rings. The Morgan fingerprint density at radius 1 is 1.00 bits per heavy atom. The van der Waals surface area contributed by atoms with E-state index in [9.17, 15) is 26.7 Å². The third-order valence-corrected chi connectivity index (χ3v) is 4.60. The minimum absolute atomic E-state index is 0.110. The summed E-state index contributed by atoms with van der Waals surface area (Å²) in [6, 6.07) is 6.78. The molecule has 1 unspecified atom stereocenters. The number of fused-ring (bicyclic) bond motifs is 1. The molecule has 0 saturated heterocycles. The Hall–Kier alpha value is -3.20. The zero-order chi connectivity index (χ0) is 20.3. The van der Waals surface area contributed by atoms with Crippen LogP contribution in [0.3, 0.4) is 0 Å². The van der Waals surface area contributed by atoms with Gasteiger partial charge in [0, 0.05) is 24.6 Å². The van der Waals surface area contributed by atoms with Crippen molar-refractivity contribution in [1.82, 2.24) is 4.59 Å². The fourth-order valence-corrected chi connectivity index (χ4v) is 3.23. The Bertz CT molecular complexity index is 1100. The lowest BCUT2D eigenvalue weighted by Crippen LogP contribution is -2.45. The van der Waals surface area contributed by atoms with E-state index in [4.69, 9.17) is 0 Å². The lowest BCUT2D eigenvalue weighted by atomic mass is 10.0. The second-order valence-corrected chi connectivity index (χ2v) is 6.31. The molecule has 0 saturated carbocycles. The van der Waals surface area contributed by atoms with Gasteiger partial charge in [0.25, 0.3) is 5.78 Å². The average molecular weight is 392 g/mol. The maximum absolute atomic E-state index is 14.5. The molecule has 0 fully saturated rings. The topological polar surface area (TPSA) is 41.8 Å². The number of halogens is 5. The van der Waals surface area contributed by atoms with Gasteiger partial charge in [-0.1, -0.05) is 21.8 Å². The van der Waals surface area contributed by atoms with Crippen LogP contribution in [0.1, 0.15) is 18.1 Å². The van der Waals surface area contributed by atoms with E-state index < -0.39 is 33.7 Å². The fourth-order valence-electron chi connectivity index (χ4n) is 3.23. The number of nitrogens with zero attached hydrogens (tertiary/aromatic N) is 3. The second kappa shape index (κ2) is 5.90. The molecule has 0 aliphatic carbocycles. The molecule has 28 heavy (non-hydrogen) atoms. The van der Waals surface area contributed by atoms with E-state index in [2.05, 4.69) is 10.1 Å². The molecule has 2 heterocycles. The first-order valence-corrected chi connectivity index (χ1v) is 8.07. The van der Waals surface area contributed by atoms with Crippen LogP contribution in [0.4, 0.5) is 27.6 Å². The summed E-state index contributed by atoms with van der Waals surface area (Å²) in [5, 5.41) is 4.33. The van der Waals surface area contributed by atoms with Crippen molar-refractivity contribution in [1.29, 1.82) is 0 Å². The second-order valence-electron chi connectivity index (χ2n) is 6.31. The number of carbonyl (C=O) groups is 1. The normalized spacial score (nSPS) is 21.4. The predicted octanol–water partition coefficient (Wildman–Crippen LogP) is 4.55. The quantitative estimate of drug-likeness (QED) is 0.546. The minimum atomic E-state index is -4.52. The van der Waals surface area contributed by atoms with E-state index in [1.165, 1.54) is 6.20 Å². The minimum Gasteiger partial charge on any atom is -0.278 e. The summed E-state index contributed by atoms with van der Waals surface area (Å²) in [7, 11) is 0. The lowest BCUT2D eigenvalue weighted by molar-refractivity contribution is -0.137.